The molecule has 1 saturated carbocycles. The summed E-state index contributed by atoms with van der Waals surface area (Å²) in [4.78, 5) is 31.5. The molecule has 37 heavy (non-hydrogen) atoms. The summed E-state index contributed by atoms with van der Waals surface area (Å²) in [6.45, 7) is 3.94. The van der Waals surface area contributed by atoms with Crippen molar-refractivity contribution in [2.45, 2.75) is 95.2 Å². The van der Waals surface area contributed by atoms with Crippen molar-refractivity contribution in [2.24, 2.45) is 0 Å². The second-order valence-corrected chi connectivity index (χ2v) is 10.9. The fourth-order valence-corrected chi connectivity index (χ4v) is 6.48. The summed E-state index contributed by atoms with van der Waals surface area (Å²) in [6, 6.07) is 6.93. The van der Waals surface area contributed by atoms with Gasteiger partial charge in [0.15, 0.2) is 0 Å². The molecule has 200 valence electrons. The minimum atomic E-state index is -0.0499. The Balaban J connectivity index is 1.28. The maximum Gasteiger partial charge on any atom is 0.252 e. The first-order chi connectivity index (χ1) is 18.3. The molecule has 2 aliphatic heterocycles. The van der Waals surface area contributed by atoms with Gasteiger partial charge in [-0.2, -0.15) is 4.98 Å². The first-order valence-electron chi connectivity index (χ1n) is 14.6. The van der Waals surface area contributed by atoms with Gasteiger partial charge in [-0.25, -0.2) is 4.98 Å². The normalized spacial score (nSPS) is 23.8. The maximum atomic E-state index is 12.6. The van der Waals surface area contributed by atoms with Crippen molar-refractivity contribution in [1.29, 1.82) is 0 Å². The van der Waals surface area contributed by atoms with Crippen LogP contribution in [0.3, 0.4) is 0 Å². The van der Waals surface area contributed by atoms with E-state index in [1.165, 1.54) is 64.2 Å². The van der Waals surface area contributed by atoms with E-state index in [0.717, 1.165) is 44.2 Å². The Labute approximate surface area is 221 Å². The zero-order valence-electron chi connectivity index (χ0n) is 22.2. The number of nitrogens with zero attached hydrogens (tertiary/aromatic N) is 5. The Morgan fingerprint density at radius 1 is 0.919 bits per heavy atom. The highest BCUT2D eigenvalue weighted by Gasteiger charge is 2.36. The number of nitrogens with one attached hydrogen (secondary N) is 2. The lowest BCUT2D eigenvalue weighted by Gasteiger charge is -2.47. The largest absolute Gasteiger partial charge is 0.356 e. The monoisotopic (exact) mass is 505 g/mol. The zero-order valence-corrected chi connectivity index (χ0v) is 22.2. The molecular weight excluding hydrogens is 462 g/mol. The quantitative estimate of drug-likeness (QED) is 0.540. The molecule has 0 spiro atoms. The molecule has 0 unspecified atom stereocenters. The van der Waals surface area contributed by atoms with E-state index >= 15 is 0 Å². The Kier molecular flexibility index (Phi) is 9.22. The molecule has 2 atom stereocenters. The topological polar surface area (TPSA) is 86.3 Å². The number of carbonyl (C=O) groups is 1. The van der Waals surface area contributed by atoms with Gasteiger partial charge in [0.2, 0.25) is 5.95 Å². The molecule has 2 saturated heterocycles. The van der Waals surface area contributed by atoms with Crippen molar-refractivity contribution in [3.8, 4) is 0 Å². The fraction of sp³-hybridized carbons (Fsp3) is 0.655. The molecule has 5 rings (SSSR count). The van der Waals surface area contributed by atoms with Gasteiger partial charge in [0.1, 0.15) is 5.82 Å². The molecular formula is C29H43N7O. The molecule has 0 bridgehead atoms. The van der Waals surface area contributed by atoms with Crippen molar-refractivity contribution in [2.75, 3.05) is 36.4 Å². The first kappa shape index (κ1) is 25.9. The van der Waals surface area contributed by atoms with E-state index in [4.69, 9.17) is 4.98 Å². The Hall–Kier alpha value is -2.74. The van der Waals surface area contributed by atoms with Crippen LogP contribution >= 0.6 is 0 Å². The molecule has 3 aliphatic rings. The predicted octanol–water partition coefficient (Wildman–Crippen LogP) is 4.65. The van der Waals surface area contributed by atoms with Crippen molar-refractivity contribution >= 4 is 17.7 Å². The average Bonchev–Trinajstić information content (AvgIpc) is 3.25. The molecule has 4 heterocycles. The molecule has 8 heteroatoms. The number of amides is 1. The third kappa shape index (κ3) is 6.98. The van der Waals surface area contributed by atoms with Crippen LogP contribution in [0.4, 0.5) is 11.8 Å². The average molecular weight is 506 g/mol. The number of anilines is 2. The molecule has 1 amide bonds. The number of likely N-dealkylation sites (tertiary alicyclic amines) is 1. The Bertz CT molecular complexity index is 973. The number of pyridine rings is 1. The van der Waals surface area contributed by atoms with Gasteiger partial charge in [-0.05, 0) is 69.7 Å². The van der Waals surface area contributed by atoms with Crippen LogP contribution in [0, 0.1) is 0 Å². The summed E-state index contributed by atoms with van der Waals surface area (Å²) in [5, 5.41) is 6.89. The highest BCUT2D eigenvalue weighted by Crippen LogP contribution is 2.31. The molecule has 2 aromatic heterocycles. The van der Waals surface area contributed by atoms with E-state index in [1.54, 1.807) is 18.5 Å². The standard InChI is InChI=1S/C29H43N7O/c37-28(23-10-8-16-30-22-23)31-17-14-26-25(13-9-21-36(26)24-11-4-3-5-12-24)33-29-32-18-15-27(34-29)35-19-6-1-2-7-20-35/h8,10,15-16,18,22,24-26H,1-7,9,11-14,17,19-21H2,(H,31,37)(H,32,33,34)/t25-,26+/m0/s1. The number of hydrogen-bond donors (Lipinski definition) is 2. The zero-order chi connectivity index (χ0) is 25.3. The summed E-state index contributed by atoms with van der Waals surface area (Å²) in [5.74, 6) is 1.73. The van der Waals surface area contributed by atoms with Crippen molar-refractivity contribution < 1.29 is 4.79 Å². The highest BCUT2D eigenvalue weighted by molar-refractivity contribution is 5.93. The van der Waals surface area contributed by atoms with Gasteiger partial charge in [-0.15, -0.1) is 0 Å². The van der Waals surface area contributed by atoms with E-state index in [2.05, 4.69) is 36.5 Å². The van der Waals surface area contributed by atoms with E-state index < -0.39 is 0 Å². The molecule has 2 N–H and O–H groups in total. The van der Waals surface area contributed by atoms with Crippen molar-refractivity contribution in [1.82, 2.24) is 25.2 Å². The third-order valence-electron chi connectivity index (χ3n) is 8.40. The number of rotatable bonds is 8. The molecule has 0 radical (unpaired) electrons. The number of piperidine rings is 1. The molecule has 3 fully saturated rings. The first-order valence-corrected chi connectivity index (χ1v) is 14.6. The lowest BCUT2D eigenvalue weighted by molar-refractivity contribution is 0.0591. The fourth-order valence-electron chi connectivity index (χ4n) is 6.48. The minimum absolute atomic E-state index is 0.0499. The number of hydrogen-bond acceptors (Lipinski definition) is 7. The van der Waals surface area contributed by atoms with Crippen LogP contribution in [0.2, 0.25) is 0 Å². The second kappa shape index (κ2) is 13.2. The molecule has 1 aliphatic carbocycles. The van der Waals surface area contributed by atoms with Gasteiger partial charge >= 0.3 is 0 Å². The SMILES string of the molecule is O=C(NCC[C@@H]1[C@@H](Nc2nccc(N3CCCCCC3)n2)CCCN1C1CCCCC1)c1cccnc1. The maximum absolute atomic E-state index is 12.6. The summed E-state index contributed by atoms with van der Waals surface area (Å²) in [6.07, 6.45) is 20.1. The van der Waals surface area contributed by atoms with Gasteiger partial charge in [-0.1, -0.05) is 32.1 Å². The summed E-state index contributed by atoms with van der Waals surface area (Å²) in [7, 11) is 0. The van der Waals surface area contributed by atoms with Crippen LogP contribution < -0.4 is 15.5 Å². The summed E-state index contributed by atoms with van der Waals surface area (Å²) < 4.78 is 0. The van der Waals surface area contributed by atoms with Crippen LogP contribution in [-0.4, -0.2) is 70.1 Å². The van der Waals surface area contributed by atoms with Gasteiger partial charge in [0.25, 0.3) is 5.91 Å². The van der Waals surface area contributed by atoms with Crippen LogP contribution in [0.25, 0.3) is 0 Å². The Morgan fingerprint density at radius 3 is 2.51 bits per heavy atom. The van der Waals surface area contributed by atoms with Crippen molar-refractivity contribution in [3.63, 3.8) is 0 Å². The lowest BCUT2D eigenvalue weighted by atomic mass is 9.87. The lowest BCUT2D eigenvalue weighted by Crippen LogP contribution is -2.56. The Morgan fingerprint density at radius 2 is 1.73 bits per heavy atom. The smallest absolute Gasteiger partial charge is 0.252 e. The molecule has 2 aromatic rings. The number of carbonyl (C=O) groups excluding carboxylic acids is 1. The summed E-state index contributed by atoms with van der Waals surface area (Å²) >= 11 is 0. The predicted molar refractivity (Wildman–Crippen MR) is 148 cm³/mol. The van der Waals surface area contributed by atoms with Crippen LogP contribution in [0.15, 0.2) is 36.8 Å². The summed E-state index contributed by atoms with van der Waals surface area (Å²) in [5.41, 5.74) is 0.615. The third-order valence-corrected chi connectivity index (χ3v) is 8.40. The highest BCUT2D eigenvalue weighted by atomic mass is 16.1. The van der Waals surface area contributed by atoms with Crippen LogP contribution in [0.5, 0.6) is 0 Å². The molecule has 0 aromatic carbocycles. The van der Waals surface area contributed by atoms with Crippen molar-refractivity contribution in [3.05, 3.63) is 42.4 Å². The minimum Gasteiger partial charge on any atom is -0.356 e. The second-order valence-electron chi connectivity index (χ2n) is 10.9. The van der Waals surface area contributed by atoms with E-state index in [-0.39, 0.29) is 11.9 Å². The van der Waals surface area contributed by atoms with Gasteiger partial charge < -0.3 is 15.5 Å². The van der Waals surface area contributed by atoms with Gasteiger partial charge in [0.05, 0.1) is 5.56 Å². The van der Waals surface area contributed by atoms with Crippen LogP contribution in [0.1, 0.15) is 87.4 Å². The van der Waals surface area contributed by atoms with Gasteiger partial charge in [0, 0.05) is 56.4 Å². The van der Waals surface area contributed by atoms with Gasteiger partial charge in [-0.3, -0.25) is 14.7 Å². The van der Waals surface area contributed by atoms with Crippen LogP contribution in [-0.2, 0) is 0 Å². The van der Waals surface area contributed by atoms with E-state index in [9.17, 15) is 4.79 Å². The molecule has 8 nitrogen and oxygen atoms in total. The van der Waals surface area contributed by atoms with E-state index in [0.29, 0.717) is 24.2 Å². The number of aromatic nitrogens is 3. The van der Waals surface area contributed by atoms with E-state index in [1.807, 2.05) is 12.3 Å².